The van der Waals surface area contributed by atoms with Crippen molar-refractivity contribution in [2.75, 3.05) is 6.54 Å². The molecule has 4 rings (SSSR count). The number of nitrogens with zero attached hydrogens (tertiary/aromatic N) is 1. The number of phenols is 1. The largest absolute Gasteiger partial charge is 0.507 e. The zero-order valence-electron chi connectivity index (χ0n) is 21.3. The Bertz CT molecular complexity index is 1730. The van der Waals surface area contributed by atoms with Crippen LogP contribution in [-0.2, 0) is 21.2 Å². The van der Waals surface area contributed by atoms with Gasteiger partial charge in [0.2, 0.25) is 0 Å². The van der Waals surface area contributed by atoms with E-state index in [9.17, 15) is 33.1 Å². The van der Waals surface area contributed by atoms with Crippen molar-refractivity contribution in [2.45, 2.75) is 16.6 Å². The number of aromatic hydroxyl groups is 1. The van der Waals surface area contributed by atoms with Crippen molar-refractivity contribution in [3.8, 4) is 11.8 Å². The van der Waals surface area contributed by atoms with Gasteiger partial charge in [-0.3, -0.25) is 4.79 Å². The van der Waals surface area contributed by atoms with E-state index in [4.69, 9.17) is 23.2 Å². The summed E-state index contributed by atoms with van der Waals surface area (Å²) >= 11 is 12.4. The predicted molar refractivity (Wildman–Crippen MR) is 154 cm³/mol. The number of hydrogen-bond acceptors (Lipinski definition) is 6. The van der Waals surface area contributed by atoms with E-state index < -0.39 is 44.7 Å². The third-order valence-electron chi connectivity index (χ3n) is 6.50. The van der Waals surface area contributed by atoms with Crippen molar-refractivity contribution in [1.82, 2.24) is 5.32 Å². The SMILES string of the molecule is N#Cc1ccc(C(C(O)(CNC(=O)c2ccccc2O)c2ccc(Cl)cc2)S(=O)(=O)Cc2ccc(F)cc2)cc1Cl. The number of carbonyl (C=O) groups is 1. The Balaban J connectivity index is 1.88. The van der Waals surface area contributed by atoms with Crippen molar-refractivity contribution in [2.24, 2.45) is 0 Å². The van der Waals surface area contributed by atoms with Gasteiger partial charge in [0.1, 0.15) is 28.5 Å². The minimum atomic E-state index is -4.36. The van der Waals surface area contributed by atoms with E-state index in [1.807, 2.05) is 6.07 Å². The third kappa shape index (κ3) is 6.69. The summed E-state index contributed by atoms with van der Waals surface area (Å²) in [6.07, 6.45) is 0. The number of rotatable bonds is 9. The lowest BCUT2D eigenvalue weighted by atomic mass is 9.86. The maximum absolute atomic E-state index is 14.2. The number of phenolic OH excluding ortho intramolecular Hbond substituents is 1. The second-order valence-corrected chi connectivity index (χ2v) is 12.2. The van der Waals surface area contributed by atoms with Crippen LogP contribution in [-0.4, -0.2) is 31.1 Å². The number of nitrogens with one attached hydrogen (secondary N) is 1. The van der Waals surface area contributed by atoms with Gasteiger partial charge < -0.3 is 15.5 Å². The molecule has 0 aliphatic rings. The molecular formula is C30H23Cl2FN2O5S. The van der Waals surface area contributed by atoms with Crippen LogP contribution in [0.4, 0.5) is 4.39 Å². The van der Waals surface area contributed by atoms with Gasteiger partial charge in [-0.2, -0.15) is 5.26 Å². The lowest BCUT2D eigenvalue weighted by molar-refractivity contribution is 0.0298. The fourth-order valence-electron chi connectivity index (χ4n) is 4.52. The maximum Gasteiger partial charge on any atom is 0.255 e. The summed E-state index contributed by atoms with van der Waals surface area (Å²) in [5, 5.41) is 32.9. The first-order chi connectivity index (χ1) is 19.4. The average molecular weight is 613 g/mol. The van der Waals surface area contributed by atoms with Crippen LogP contribution in [0.15, 0.2) is 91.0 Å². The molecule has 0 fully saturated rings. The van der Waals surface area contributed by atoms with E-state index >= 15 is 0 Å². The quantitative estimate of drug-likeness (QED) is 0.223. The molecule has 0 spiro atoms. The first-order valence-electron chi connectivity index (χ1n) is 12.1. The monoisotopic (exact) mass is 612 g/mol. The van der Waals surface area contributed by atoms with Gasteiger partial charge >= 0.3 is 0 Å². The van der Waals surface area contributed by atoms with Gasteiger partial charge in [0, 0.05) is 5.02 Å². The standard InChI is InChI=1S/C30H23Cl2FN2O5S/c31-23-11-9-22(10-12-23)30(38,18-35-29(37)25-3-1-2-4-27(25)36)28(20-7-8-21(16-34)26(32)15-20)41(39,40)17-19-5-13-24(33)14-6-19/h1-15,28,36,38H,17-18H2,(H,35,37). The molecule has 0 saturated heterocycles. The number of hydrogen-bond donors (Lipinski definition) is 3. The number of benzene rings is 4. The van der Waals surface area contributed by atoms with Gasteiger partial charge in [-0.15, -0.1) is 0 Å². The number of amides is 1. The topological polar surface area (TPSA) is 127 Å². The van der Waals surface area contributed by atoms with E-state index in [1.165, 1.54) is 78.9 Å². The molecule has 2 unspecified atom stereocenters. The molecule has 0 aliphatic carbocycles. The normalized spacial score (nSPS) is 13.5. The predicted octanol–water partition coefficient (Wildman–Crippen LogP) is 5.68. The first kappa shape index (κ1) is 30.0. The van der Waals surface area contributed by atoms with E-state index in [0.29, 0.717) is 5.02 Å². The smallest absolute Gasteiger partial charge is 0.255 e. The average Bonchev–Trinajstić information content (AvgIpc) is 2.93. The zero-order chi connectivity index (χ0) is 29.8. The summed E-state index contributed by atoms with van der Waals surface area (Å²) in [4.78, 5) is 13.0. The summed E-state index contributed by atoms with van der Waals surface area (Å²) in [5.74, 6) is -2.22. The summed E-state index contributed by atoms with van der Waals surface area (Å²) in [7, 11) is -4.36. The molecule has 4 aromatic carbocycles. The van der Waals surface area contributed by atoms with Crippen LogP contribution >= 0.6 is 23.2 Å². The molecule has 0 bridgehead atoms. The molecule has 0 heterocycles. The Labute approximate surface area is 246 Å². The maximum atomic E-state index is 14.2. The summed E-state index contributed by atoms with van der Waals surface area (Å²) in [6.45, 7) is -0.618. The fourth-order valence-corrected chi connectivity index (χ4v) is 7.08. The Hall–Kier alpha value is -3.94. The number of para-hydroxylation sites is 1. The van der Waals surface area contributed by atoms with Crippen LogP contribution in [0.25, 0.3) is 0 Å². The van der Waals surface area contributed by atoms with Crippen LogP contribution < -0.4 is 5.32 Å². The van der Waals surface area contributed by atoms with Crippen LogP contribution in [0.5, 0.6) is 5.75 Å². The number of sulfone groups is 1. The minimum absolute atomic E-state index is 0.0383. The van der Waals surface area contributed by atoms with Crippen LogP contribution in [0, 0.1) is 17.1 Å². The highest BCUT2D eigenvalue weighted by Gasteiger charge is 2.48. The Kier molecular flexibility index (Phi) is 9.00. The molecule has 3 N–H and O–H groups in total. The van der Waals surface area contributed by atoms with E-state index in [1.54, 1.807) is 0 Å². The molecule has 0 radical (unpaired) electrons. The molecule has 2 atom stereocenters. The van der Waals surface area contributed by atoms with Crippen LogP contribution in [0.1, 0.15) is 37.9 Å². The highest BCUT2D eigenvalue weighted by molar-refractivity contribution is 7.91. The molecule has 1 amide bonds. The van der Waals surface area contributed by atoms with Crippen LogP contribution in [0.3, 0.4) is 0 Å². The summed E-state index contributed by atoms with van der Waals surface area (Å²) < 4.78 is 41.9. The van der Waals surface area contributed by atoms with Gasteiger partial charge in [0.25, 0.3) is 5.91 Å². The van der Waals surface area contributed by atoms with Crippen molar-refractivity contribution < 1.29 is 27.8 Å². The van der Waals surface area contributed by atoms with Gasteiger partial charge in [0.05, 0.1) is 28.4 Å². The van der Waals surface area contributed by atoms with Crippen LogP contribution in [0.2, 0.25) is 10.0 Å². The molecule has 7 nitrogen and oxygen atoms in total. The molecule has 210 valence electrons. The highest BCUT2D eigenvalue weighted by atomic mass is 35.5. The summed E-state index contributed by atoms with van der Waals surface area (Å²) in [5.41, 5.74) is -1.90. The number of nitriles is 1. The van der Waals surface area contributed by atoms with Gasteiger partial charge in [0.15, 0.2) is 9.84 Å². The molecule has 4 aromatic rings. The lowest BCUT2D eigenvalue weighted by Gasteiger charge is -2.37. The second-order valence-electron chi connectivity index (χ2n) is 9.30. The van der Waals surface area contributed by atoms with E-state index in [2.05, 4.69) is 5.32 Å². The van der Waals surface area contributed by atoms with Crippen molar-refractivity contribution in [1.29, 1.82) is 5.26 Å². The van der Waals surface area contributed by atoms with Gasteiger partial charge in [-0.05, 0) is 65.2 Å². The molecule has 41 heavy (non-hydrogen) atoms. The molecule has 0 aromatic heterocycles. The van der Waals surface area contributed by atoms with Gasteiger partial charge in [-0.25, -0.2) is 12.8 Å². The second kappa shape index (κ2) is 12.3. The zero-order valence-corrected chi connectivity index (χ0v) is 23.6. The Morgan fingerprint density at radius 2 is 1.66 bits per heavy atom. The number of aliphatic hydroxyl groups is 1. The van der Waals surface area contributed by atoms with E-state index in [0.717, 1.165) is 12.1 Å². The Morgan fingerprint density at radius 1 is 1.00 bits per heavy atom. The fraction of sp³-hybridized carbons (Fsp3) is 0.133. The minimum Gasteiger partial charge on any atom is -0.507 e. The van der Waals surface area contributed by atoms with Crippen molar-refractivity contribution >= 4 is 38.9 Å². The number of halogens is 3. The van der Waals surface area contributed by atoms with Gasteiger partial charge in [-0.1, -0.05) is 65.7 Å². The third-order valence-corrected chi connectivity index (χ3v) is 9.18. The molecule has 0 aliphatic heterocycles. The van der Waals surface area contributed by atoms with E-state index in [-0.39, 0.29) is 38.6 Å². The highest BCUT2D eigenvalue weighted by Crippen LogP contribution is 2.43. The molecular weight excluding hydrogens is 590 g/mol. The molecule has 0 saturated carbocycles. The summed E-state index contributed by atoms with van der Waals surface area (Å²) in [6, 6.07) is 22.3. The Morgan fingerprint density at radius 3 is 2.27 bits per heavy atom. The lowest BCUT2D eigenvalue weighted by Crippen LogP contribution is -2.47. The molecule has 11 heteroatoms. The number of carbonyl (C=O) groups excluding carboxylic acids is 1. The first-order valence-corrected chi connectivity index (χ1v) is 14.6. The van der Waals surface area contributed by atoms with Crippen molar-refractivity contribution in [3.05, 3.63) is 135 Å². The van der Waals surface area contributed by atoms with Crippen molar-refractivity contribution in [3.63, 3.8) is 0 Å².